The van der Waals surface area contributed by atoms with Crippen LogP contribution in [-0.2, 0) is 9.59 Å². The normalized spacial score (nSPS) is 9.20. The molecular weight excluding hydrogens is 156 g/mol. The first-order valence-electron chi connectivity index (χ1n) is 2.32. The summed E-state index contributed by atoms with van der Waals surface area (Å²) in [6.07, 6.45) is 0. The van der Waals surface area contributed by atoms with E-state index in [0.717, 1.165) is 0 Å². The highest BCUT2D eigenvalue weighted by Crippen LogP contribution is 1.92. The van der Waals surface area contributed by atoms with Crippen molar-refractivity contribution in [2.24, 2.45) is 11.7 Å². The summed E-state index contributed by atoms with van der Waals surface area (Å²) in [7, 11) is 0. The number of carbonyl (C=O) groups is 2. The Morgan fingerprint density at radius 1 is 1.20 bits per heavy atom. The van der Waals surface area contributed by atoms with Crippen LogP contribution in [0.25, 0.3) is 0 Å². The summed E-state index contributed by atoms with van der Waals surface area (Å²) >= 11 is 3.60. The highest BCUT2D eigenvalue weighted by Gasteiger charge is 2.19. The van der Waals surface area contributed by atoms with Crippen LogP contribution >= 0.6 is 12.6 Å². The number of nitrogens with one attached hydrogen (secondary N) is 2. The lowest BCUT2D eigenvalue weighted by atomic mass is 10.4. The molecule has 0 aliphatic carbocycles. The van der Waals surface area contributed by atoms with Crippen molar-refractivity contribution in [3.63, 3.8) is 0 Å². The van der Waals surface area contributed by atoms with Gasteiger partial charge in [0.25, 0.3) is 11.8 Å². The number of hydrogen-bond acceptors (Lipinski definition) is 5. The number of hydrogen-bond donors (Lipinski definition) is 5. The van der Waals surface area contributed by atoms with E-state index in [2.05, 4.69) is 12.6 Å². The maximum Gasteiger partial charge on any atom is 0.256 e. The Balaban J connectivity index is 3.94. The number of carbonyl (C=O) groups excluding carboxylic acids is 2. The standard InChI is InChI=1S/C3H8N4O2S/c4-6-2(8)1(10)3(9)7-5/h1,10H,4-5H2,(H,6,8)(H,7,9). The van der Waals surface area contributed by atoms with E-state index in [1.165, 1.54) is 0 Å². The van der Waals surface area contributed by atoms with Gasteiger partial charge in [0.2, 0.25) is 0 Å². The predicted octanol–water partition coefficient (Wildman–Crippen LogP) is -2.74. The van der Waals surface area contributed by atoms with Crippen LogP contribution in [0.5, 0.6) is 0 Å². The summed E-state index contributed by atoms with van der Waals surface area (Å²) in [5.74, 6) is 7.99. The first kappa shape index (κ1) is 9.21. The lowest BCUT2D eigenvalue weighted by Crippen LogP contribution is -2.46. The van der Waals surface area contributed by atoms with Crippen molar-refractivity contribution in [2.75, 3.05) is 0 Å². The smallest absolute Gasteiger partial charge is 0.256 e. The van der Waals surface area contributed by atoms with Crippen molar-refractivity contribution in [3.05, 3.63) is 0 Å². The van der Waals surface area contributed by atoms with Crippen LogP contribution in [0.3, 0.4) is 0 Å². The lowest BCUT2D eigenvalue weighted by Gasteiger charge is -2.05. The molecule has 0 aromatic carbocycles. The van der Waals surface area contributed by atoms with Crippen LogP contribution in [0, 0.1) is 0 Å². The Labute approximate surface area is 62.7 Å². The Kier molecular flexibility index (Phi) is 3.77. The summed E-state index contributed by atoms with van der Waals surface area (Å²) in [5.41, 5.74) is 3.50. The zero-order valence-electron chi connectivity index (χ0n) is 5.00. The van der Waals surface area contributed by atoms with Gasteiger partial charge in [-0.1, -0.05) is 0 Å². The predicted molar refractivity (Wildman–Crippen MR) is 37.4 cm³/mol. The van der Waals surface area contributed by atoms with Gasteiger partial charge in [-0.15, -0.1) is 0 Å². The van der Waals surface area contributed by atoms with Crippen LogP contribution in [0.2, 0.25) is 0 Å². The summed E-state index contributed by atoms with van der Waals surface area (Å²) < 4.78 is 0. The maximum atomic E-state index is 10.5. The van der Waals surface area contributed by atoms with E-state index in [4.69, 9.17) is 11.7 Å². The SMILES string of the molecule is NNC(=O)C(S)C(=O)NN. The monoisotopic (exact) mass is 164 g/mol. The molecule has 0 unspecified atom stereocenters. The third-order valence-corrected chi connectivity index (χ3v) is 1.25. The summed E-state index contributed by atoms with van der Waals surface area (Å²) in [5, 5.41) is -1.16. The van der Waals surface area contributed by atoms with E-state index < -0.39 is 17.1 Å². The minimum Gasteiger partial charge on any atom is -0.293 e. The van der Waals surface area contributed by atoms with Crippen molar-refractivity contribution in [1.29, 1.82) is 0 Å². The molecule has 0 saturated carbocycles. The molecule has 6 nitrogen and oxygen atoms in total. The van der Waals surface area contributed by atoms with Crippen LogP contribution in [0.4, 0.5) is 0 Å². The van der Waals surface area contributed by atoms with Gasteiger partial charge in [-0.25, -0.2) is 11.7 Å². The molecule has 0 radical (unpaired) electrons. The molecule has 0 fully saturated rings. The molecule has 58 valence electrons. The molecule has 0 rings (SSSR count). The highest BCUT2D eigenvalue weighted by atomic mass is 32.1. The Bertz CT molecular complexity index is 133. The minimum absolute atomic E-state index is 0.703. The molecule has 0 aliphatic rings. The highest BCUT2D eigenvalue weighted by molar-refractivity contribution is 7.82. The number of thiol groups is 1. The number of nitrogens with two attached hydrogens (primary N) is 2. The molecule has 0 heterocycles. The maximum absolute atomic E-state index is 10.5. The van der Waals surface area contributed by atoms with Crippen molar-refractivity contribution < 1.29 is 9.59 Å². The zero-order valence-corrected chi connectivity index (χ0v) is 5.89. The van der Waals surface area contributed by atoms with Crippen LogP contribution in [0.1, 0.15) is 0 Å². The van der Waals surface area contributed by atoms with Crippen molar-refractivity contribution in [3.8, 4) is 0 Å². The lowest BCUT2D eigenvalue weighted by molar-refractivity contribution is -0.128. The molecule has 7 heteroatoms. The fraction of sp³-hybridized carbons (Fsp3) is 0.333. The van der Waals surface area contributed by atoms with Gasteiger partial charge in [0.05, 0.1) is 0 Å². The van der Waals surface area contributed by atoms with E-state index in [1.54, 1.807) is 10.9 Å². The third kappa shape index (κ3) is 2.21. The molecule has 0 aliphatic heterocycles. The summed E-state index contributed by atoms with van der Waals surface area (Å²) in [4.78, 5) is 21.0. The molecule has 6 N–H and O–H groups in total. The molecule has 0 aromatic heterocycles. The van der Waals surface area contributed by atoms with Crippen molar-refractivity contribution >= 4 is 24.4 Å². The van der Waals surface area contributed by atoms with Gasteiger partial charge in [-0.3, -0.25) is 20.4 Å². The van der Waals surface area contributed by atoms with Gasteiger partial charge >= 0.3 is 0 Å². The molecule has 0 spiro atoms. The topological polar surface area (TPSA) is 110 Å². The summed E-state index contributed by atoms with van der Waals surface area (Å²) in [6.45, 7) is 0. The van der Waals surface area contributed by atoms with Crippen LogP contribution < -0.4 is 22.5 Å². The average Bonchev–Trinajstić information content (AvgIpc) is 2.00. The molecule has 0 atom stereocenters. The van der Waals surface area contributed by atoms with Crippen molar-refractivity contribution in [2.45, 2.75) is 5.25 Å². The van der Waals surface area contributed by atoms with E-state index in [0.29, 0.717) is 0 Å². The quantitative estimate of drug-likeness (QED) is 0.100. The molecule has 0 aromatic rings. The Morgan fingerprint density at radius 3 is 1.70 bits per heavy atom. The molecular formula is C3H8N4O2S. The Morgan fingerprint density at radius 2 is 1.50 bits per heavy atom. The first-order chi connectivity index (χ1) is 4.63. The second-order valence-electron chi connectivity index (χ2n) is 1.42. The second kappa shape index (κ2) is 4.09. The fourth-order valence-corrected chi connectivity index (χ4v) is 0.426. The van der Waals surface area contributed by atoms with E-state index in [9.17, 15) is 9.59 Å². The number of amides is 2. The molecule has 2 amide bonds. The average molecular weight is 164 g/mol. The zero-order chi connectivity index (χ0) is 8.15. The van der Waals surface area contributed by atoms with E-state index in [1.807, 2.05) is 0 Å². The summed E-state index contributed by atoms with van der Waals surface area (Å²) in [6, 6.07) is 0. The fourth-order valence-electron chi connectivity index (χ4n) is 0.277. The van der Waals surface area contributed by atoms with Crippen molar-refractivity contribution in [1.82, 2.24) is 10.9 Å². The van der Waals surface area contributed by atoms with Crippen LogP contribution in [0.15, 0.2) is 0 Å². The van der Waals surface area contributed by atoms with Crippen LogP contribution in [-0.4, -0.2) is 17.1 Å². The second-order valence-corrected chi connectivity index (χ2v) is 1.94. The number of hydrazine groups is 2. The van der Waals surface area contributed by atoms with Gasteiger partial charge in [-0.05, 0) is 0 Å². The number of rotatable bonds is 2. The third-order valence-electron chi connectivity index (χ3n) is 0.781. The first-order valence-corrected chi connectivity index (χ1v) is 2.84. The molecule has 0 saturated heterocycles. The molecule has 0 bridgehead atoms. The minimum atomic E-state index is -1.16. The van der Waals surface area contributed by atoms with E-state index >= 15 is 0 Å². The van der Waals surface area contributed by atoms with Gasteiger partial charge in [-0.2, -0.15) is 12.6 Å². The largest absolute Gasteiger partial charge is 0.293 e. The van der Waals surface area contributed by atoms with Gasteiger partial charge < -0.3 is 0 Å². The molecule has 10 heavy (non-hydrogen) atoms. The van der Waals surface area contributed by atoms with Gasteiger partial charge in [0.15, 0.2) is 5.25 Å². The Hall–Kier alpha value is -0.790. The van der Waals surface area contributed by atoms with Gasteiger partial charge in [0, 0.05) is 0 Å². The van der Waals surface area contributed by atoms with Gasteiger partial charge in [0.1, 0.15) is 0 Å². The van der Waals surface area contributed by atoms with E-state index in [-0.39, 0.29) is 0 Å².